The van der Waals surface area contributed by atoms with Gasteiger partial charge in [0.25, 0.3) is 0 Å². The maximum absolute atomic E-state index is 5.74. The number of nitrogens with two attached hydrogens (primary N) is 1. The van der Waals surface area contributed by atoms with Crippen molar-refractivity contribution in [2.45, 2.75) is 20.0 Å². The first-order valence-electron chi connectivity index (χ1n) is 3.81. The maximum Gasteiger partial charge on any atom is 0.121 e. The normalized spacial score (nSPS) is 10.3. The molecule has 66 valence electrons. The van der Waals surface area contributed by atoms with Crippen LogP contribution in [0.2, 0.25) is 5.02 Å². The lowest BCUT2D eigenvalue weighted by molar-refractivity contribution is 0.242. The molecule has 0 aliphatic rings. The molecule has 0 amide bonds. The quantitative estimate of drug-likeness (QED) is 0.720. The van der Waals surface area contributed by atoms with Crippen LogP contribution in [0.1, 0.15) is 13.8 Å². The third-order valence-corrected chi connectivity index (χ3v) is 1.68. The van der Waals surface area contributed by atoms with Crippen molar-refractivity contribution in [3.63, 3.8) is 0 Å². The van der Waals surface area contributed by atoms with E-state index >= 15 is 0 Å². The summed E-state index contributed by atoms with van der Waals surface area (Å²) >= 11 is 5.74. The third kappa shape index (κ3) is 2.31. The van der Waals surface area contributed by atoms with Gasteiger partial charge in [-0.2, -0.15) is 0 Å². The number of hydrogen-bond donors (Lipinski definition) is 1. The number of benzene rings is 1. The summed E-state index contributed by atoms with van der Waals surface area (Å²) in [7, 11) is 0. The Hall–Kier alpha value is -0.890. The van der Waals surface area contributed by atoms with Crippen LogP contribution in [-0.4, -0.2) is 6.10 Å². The molecular formula is C9H12ClNO. The summed E-state index contributed by atoms with van der Waals surface area (Å²) in [6, 6.07) is 5.26. The molecular weight excluding hydrogens is 174 g/mol. The summed E-state index contributed by atoms with van der Waals surface area (Å²) < 4.78 is 5.41. The standard InChI is InChI=1S/C9H12ClNO/c1-6(2)12-7-3-4-8(10)9(11)5-7/h3-6H,11H2,1-2H3. The van der Waals surface area contributed by atoms with E-state index in [1.807, 2.05) is 13.8 Å². The summed E-state index contributed by atoms with van der Waals surface area (Å²) in [5, 5.41) is 0.561. The molecule has 0 heterocycles. The Morgan fingerprint density at radius 1 is 1.42 bits per heavy atom. The minimum Gasteiger partial charge on any atom is -0.491 e. The van der Waals surface area contributed by atoms with Crippen molar-refractivity contribution in [1.29, 1.82) is 0 Å². The highest BCUT2D eigenvalue weighted by molar-refractivity contribution is 6.33. The van der Waals surface area contributed by atoms with Gasteiger partial charge >= 0.3 is 0 Å². The predicted octanol–water partition coefficient (Wildman–Crippen LogP) is 2.71. The van der Waals surface area contributed by atoms with Crippen LogP contribution in [0.25, 0.3) is 0 Å². The zero-order chi connectivity index (χ0) is 9.14. The minimum atomic E-state index is 0.158. The number of ether oxygens (including phenoxy) is 1. The molecule has 3 heteroatoms. The van der Waals surface area contributed by atoms with Gasteiger partial charge in [0.2, 0.25) is 0 Å². The Bertz CT molecular complexity index is 273. The fraction of sp³-hybridized carbons (Fsp3) is 0.333. The molecule has 0 saturated heterocycles. The minimum absolute atomic E-state index is 0.158. The average molecular weight is 186 g/mol. The fourth-order valence-corrected chi connectivity index (χ4v) is 0.985. The van der Waals surface area contributed by atoms with Gasteiger partial charge in [-0.05, 0) is 26.0 Å². The van der Waals surface area contributed by atoms with Crippen molar-refractivity contribution in [3.8, 4) is 5.75 Å². The van der Waals surface area contributed by atoms with Crippen molar-refractivity contribution in [2.75, 3.05) is 5.73 Å². The predicted molar refractivity (Wildman–Crippen MR) is 51.6 cm³/mol. The Balaban J connectivity index is 2.82. The van der Waals surface area contributed by atoms with Crippen LogP contribution in [0.15, 0.2) is 18.2 Å². The first-order chi connectivity index (χ1) is 5.59. The molecule has 0 radical (unpaired) electrons. The van der Waals surface area contributed by atoms with Crippen LogP contribution in [0.4, 0.5) is 5.69 Å². The van der Waals surface area contributed by atoms with Crippen molar-refractivity contribution >= 4 is 17.3 Å². The van der Waals surface area contributed by atoms with E-state index in [1.54, 1.807) is 18.2 Å². The lowest BCUT2D eigenvalue weighted by atomic mass is 10.3. The van der Waals surface area contributed by atoms with E-state index in [9.17, 15) is 0 Å². The number of hydrogen-bond acceptors (Lipinski definition) is 2. The van der Waals surface area contributed by atoms with Gasteiger partial charge < -0.3 is 10.5 Å². The first-order valence-corrected chi connectivity index (χ1v) is 4.19. The van der Waals surface area contributed by atoms with E-state index in [-0.39, 0.29) is 6.10 Å². The molecule has 0 spiro atoms. The molecule has 0 fully saturated rings. The van der Waals surface area contributed by atoms with Gasteiger partial charge in [0, 0.05) is 6.07 Å². The van der Waals surface area contributed by atoms with E-state index in [0.29, 0.717) is 10.7 Å². The summed E-state index contributed by atoms with van der Waals surface area (Å²) in [5.74, 6) is 0.756. The largest absolute Gasteiger partial charge is 0.491 e. The topological polar surface area (TPSA) is 35.2 Å². The zero-order valence-electron chi connectivity index (χ0n) is 7.17. The molecule has 12 heavy (non-hydrogen) atoms. The second kappa shape index (κ2) is 3.68. The van der Waals surface area contributed by atoms with E-state index in [0.717, 1.165) is 5.75 Å². The summed E-state index contributed by atoms with van der Waals surface area (Å²) in [4.78, 5) is 0. The van der Waals surface area contributed by atoms with E-state index < -0.39 is 0 Å². The summed E-state index contributed by atoms with van der Waals surface area (Å²) in [6.45, 7) is 3.93. The lowest BCUT2D eigenvalue weighted by Gasteiger charge is -2.10. The molecule has 0 atom stereocenters. The van der Waals surface area contributed by atoms with Crippen molar-refractivity contribution in [2.24, 2.45) is 0 Å². The summed E-state index contributed by atoms with van der Waals surface area (Å²) in [5.41, 5.74) is 6.14. The molecule has 1 aromatic carbocycles. The van der Waals surface area contributed by atoms with Gasteiger partial charge in [-0.25, -0.2) is 0 Å². The van der Waals surface area contributed by atoms with Crippen LogP contribution in [-0.2, 0) is 0 Å². The van der Waals surface area contributed by atoms with Gasteiger partial charge in [0.05, 0.1) is 16.8 Å². The van der Waals surface area contributed by atoms with Crippen LogP contribution < -0.4 is 10.5 Å². The molecule has 2 N–H and O–H groups in total. The Morgan fingerprint density at radius 2 is 2.08 bits per heavy atom. The SMILES string of the molecule is CC(C)Oc1ccc(Cl)c(N)c1. The van der Waals surface area contributed by atoms with Crippen molar-refractivity contribution < 1.29 is 4.74 Å². The smallest absolute Gasteiger partial charge is 0.121 e. The molecule has 0 saturated carbocycles. The molecule has 0 bridgehead atoms. The number of anilines is 1. The Morgan fingerprint density at radius 3 is 2.58 bits per heavy atom. The van der Waals surface area contributed by atoms with Crippen molar-refractivity contribution in [3.05, 3.63) is 23.2 Å². The van der Waals surface area contributed by atoms with Crippen LogP contribution >= 0.6 is 11.6 Å². The fourth-order valence-electron chi connectivity index (χ4n) is 0.867. The monoisotopic (exact) mass is 185 g/mol. The molecule has 0 aliphatic heterocycles. The van der Waals surface area contributed by atoms with Crippen LogP contribution in [0, 0.1) is 0 Å². The molecule has 0 aliphatic carbocycles. The van der Waals surface area contributed by atoms with E-state index in [2.05, 4.69) is 0 Å². The number of halogens is 1. The third-order valence-electron chi connectivity index (χ3n) is 1.34. The Kier molecular flexibility index (Phi) is 2.82. The second-order valence-electron chi connectivity index (χ2n) is 2.85. The molecule has 1 rings (SSSR count). The first kappa shape index (κ1) is 9.20. The van der Waals surface area contributed by atoms with Gasteiger partial charge in [0.15, 0.2) is 0 Å². The maximum atomic E-state index is 5.74. The zero-order valence-corrected chi connectivity index (χ0v) is 7.93. The number of rotatable bonds is 2. The van der Waals surface area contributed by atoms with Gasteiger partial charge in [-0.3, -0.25) is 0 Å². The van der Waals surface area contributed by atoms with Gasteiger partial charge in [-0.15, -0.1) is 0 Å². The van der Waals surface area contributed by atoms with E-state index in [1.165, 1.54) is 0 Å². The Labute approximate surface area is 77.3 Å². The molecule has 0 aromatic heterocycles. The molecule has 1 aromatic rings. The van der Waals surface area contributed by atoms with Crippen LogP contribution in [0.5, 0.6) is 5.75 Å². The highest BCUT2D eigenvalue weighted by Gasteiger charge is 2.00. The molecule has 0 unspecified atom stereocenters. The van der Waals surface area contributed by atoms with Crippen molar-refractivity contribution in [1.82, 2.24) is 0 Å². The lowest BCUT2D eigenvalue weighted by Crippen LogP contribution is -2.05. The average Bonchev–Trinajstić information content (AvgIpc) is 1.96. The van der Waals surface area contributed by atoms with Crippen LogP contribution in [0.3, 0.4) is 0 Å². The highest BCUT2D eigenvalue weighted by Crippen LogP contribution is 2.24. The van der Waals surface area contributed by atoms with Gasteiger partial charge in [0.1, 0.15) is 5.75 Å². The molecule has 2 nitrogen and oxygen atoms in total. The van der Waals surface area contributed by atoms with Gasteiger partial charge in [-0.1, -0.05) is 11.6 Å². The van der Waals surface area contributed by atoms with E-state index in [4.69, 9.17) is 22.1 Å². The highest BCUT2D eigenvalue weighted by atomic mass is 35.5. The second-order valence-corrected chi connectivity index (χ2v) is 3.26. The summed E-state index contributed by atoms with van der Waals surface area (Å²) in [6.07, 6.45) is 0.158. The number of nitrogen functional groups attached to an aromatic ring is 1.